The van der Waals surface area contributed by atoms with Crippen molar-refractivity contribution < 1.29 is 4.79 Å². The molecule has 1 amide bonds. The number of halogens is 1. The number of carbonyl (C=O) groups is 1. The molecule has 4 nitrogen and oxygen atoms in total. The summed E-state index contributed by atoms with van der Waals surface area (Å²) in [6.45, 7) is 4.39. The quantitative estimate of drug-likeness (QED) is 0.675. The summed E-state index contributed by atoms with van der Waals surface area (Å²) >= 11 is 9.10. The van der Waals surface area contributed by atoms with Gasteiger partial charge in [-0.25, -0.2) is 4.98 Å². The first-order chi connectivity index (χ1) is 12.1. The van der Waals surface area contributed by atoms with Crippen molar-refractivity contribution in [1.82, 2.24) is 9.88 Å². The molecule has 2 aromatic rings. The Labute approximate surface area is 159 Å². The van der Waals surface area contributed by atoms with Crippen LogP contribution in [0.25, 0.3) is 6.08 Å². The summed E-state index contributed by atoms with van der Waals surface area (Å²) in [6.07, 6.45) is 3.53. The number of aryl methyl sites for hydroxylation is 1. The van der Waals surface area contributed by atoms with Gasteiger partial charge in [-0.2, -0.15) is 4.99 Å². The number of amidine groups is 1. The monoisotopic (exact) mass is 389 g/mol. The van der Waals surface area contributed by atoms with Crippen LogP contribution >= 0.6 is 34.7 Å². The number of rotatable bonds is 4. The van der Waals surface area contributed by atoms with Crippen LogP contribution < -0.4 is 0 Å². The minimum Gasteiger partial charge on any atom is -0.287 e. The SMILES string of the molecule is CCN1C(=O)/C(=C/C(Cl)=C/c2ccccc2)S/C1=N/c1nc(C)cs1. The molecule has 0 bridgehead atoms. The Hall–Kier alpha value is -1.89. The maximum Gasteiger partial charge on any atom is 0.266 e. The van der Waals surface area contributed by atoms with E-state index in [1.54, 1.807) is 11.0 Å². The topological polar surface area (TPSA) is 45.6 Å². The minimum absolute atomic E-state index is 0.0841. The van der Waals surface area contributed by atoms with Gasteiger partial charge in [0, 0.05) is 17.0 Å². The molecule has 1 aromatic carbocycles. The largest absolute Gasteiger partial charge is 0.287 e. The van der Waals surface area contributed by atoms with Gasteiger partial charge in [0.1, 0.15) is 0 Å². The Balaban J connectivity index is 1.86. The number of amides is 1. The lowest BCUT2D eigenvalue weighted by Gasteiger charge is -2.11. The minimum atomic E-state index is -0.0841. The highest BCUT2D eigenvalue weighted by atomic mass is 35.5. The fraction of sp³-hybridized carbons (Fsp3) is 0.167. The zero-order chi connectivity index (χ0) is 17.8. The summed E-state index contributed by atoms with van der Waals surface area (Å²) in [4.78, 5) is 23.6. The van der Waals surface area contributed by atoms with Crippen LogP contribution in [-0.2, 0) is 4.79 Å². The van der Waals surface area contributed by atoms with E-state index < -0.39 is 0 Å². The fourth-order valence-electron chi connectivity index (χ4n) is 2.22. The first-order valence-electron chi connectivity index (χ1n) is 7.71. The predicted molar refractivity (Wildman–Crippen MR) is 107 cm³/mol. The number of thioether (sulfide) groups is 1. The molecule has 7 heteroatoms. The number of carbonyl (C=O) groups excluding carboxylic acids is 1. The normalized spacial score (nSPS) is 18.6. The number of aliphatic imine (C=N–C) groups is 1. The molecule has 1 aliphatic heterocycles. The summed E-state index contributed by atoms with van der Waals surface area (Å²) in [5, 5.41) is 3.73. The second-order valence-corrected chi connectivity index (χ2v) is 7.55. The third kappa shape index (κ3) is 4.39. The number of aromatic nitrogens is 1. The number of benzene rings is 1. The van der Waals surface area contributed by atoms with Gasteiger partial charge in [0.2, 0.25) is 5.13 Å². The van der Waals surface area contributed by atoms with Crippen molar-refractivity contribution in [2.24, 2.45) is 4.99 Å². The molecular formula is C18H16ClN3OS2. The smallest absolute Gasteiger partial charge is 0.266 e. The van der Waals surface area contributed by atoms with E-state index in [1.165, 1.54) is 23.1 Å². The molecule has 1 aliphatic rings. The maximum atomic E-state index is 12.6. The molecule has 0 atom stereocenters. The van der Waals surface area contributed by atoms with E-state index in [0.717, 1.165) is 11.3 Å². The number of allylic oxidation sites excluding steroid dienone is 2. The number of hydrogen-bond acceptors (Lipinski definition) is 5. The van der Waals surface area contributed by atoms with Crippen molar-refractivity contribution in [2.45, 2.75) is 13.8 Å². The molecule has 0 unspecified atom stereocenters. The molecule has 0 saturated carbocycles. The molecule has 1 saturated heterocycles. The summed E-state index contributed by atoms with van der Waals surface area (Å²) in [6, 6.07) is 9.75. The highest BCUT2D eigenvalue weighted by Gasteiger charge is 2.32. The van der Waals surface area contributed by atoms with Crippen molar-refractivity contribution in [3.05, 3.63) is 63.0 Å². The molecule has 25 heavy (non-hydrogen) atoms. The highest BCUT2D eigenvalue weighted by molar-refractivity contribution is 8.18. The Morgan fingerprint density at radius 3 is 2.76 bits per heavy atom. The summed E-state index contributed by atoms with van der Waals surface area (Å²) in [5.74, 6) is -0.0841. The van der Waals surface area contributed by atoms with Crippen molar-refractivity contribution in [1.29, 1.82) is 0 Å². The van der Waals surface area contributed by atoms with Crippen LogP contribution in [-0.4, -0.2) is 27.5 Å². The van der Waals surface area contributed by atoms with Gasteiger partial charge in [0.05, 0.1) is 10.6 Å². The lowest BCUT2D eigenvalue weighted by molar-refractivity contribution is -0.122. The van der Waals surface area contributed by atoms with Gasteiger partial charge in [-0.05, 0) is 43.3 Å². The van der Waals surface area contributed by atoms with Crippen LogP contribution in [0.15, 0.2) is 56.7 Å². The summed E-state index contributed by atoms with van der Waals surface area (Å²) in [7, 11) is 0. The maximum absolute atomic E-state index is 12.6. The summed E-state index contributed by atoms with van der Waals surface area (Å²) < 4.78 is 0. The zero-order valence-corrected chi connectivity index (χ0v) is 16.2. The van der Waals surface area contributed by atoms with Gasteiger partial charge in [0.15, 0.2) is 5.17 Å². The van der Waals surface area contributed by atoms with Gasteiger partial charge in [-0.15, -0.1) is 11.3 Å². The van der Waals surface area contributed by atoms with Gasteiger partial charge in [-0.1, -0.05) is 41.9 Å². The van der Waals surface area contributed by atoms with E-state index in [2.05, 4.69) is 9.98 Å². The van der Waals surface area contributed by atoms with E-state index >= 15 is 0 Å². The molecule has 0 aliphatic carbocycles. The van der Waals surface area contributed by atoms with Crippen LogP contribution in [0.3, 0.4) is 0 Å². The second-order valence-electron chi connectivity index (χ2n) is 5.27. The van der Waals surface area contributed by atoms with Crippen molar-refractivity contribution in [3.63, 3.8) is 0 Å². The van der Waals surface area contributed by atoms with Crippen molar-refractivity contribution in [3.8, 4) is 0 Å². The van der Waals surface area contributed by atoms with Crippen molar-refractivity contribution in [2.75, 3.05) is 6.54 Å². The molecule has 3 rings (SSSR count). The number of likely N-dealkylation sites (N-methyl/N-ethyl adjacent to an activating group) is 1. The standard InChI is InChI=1S/C18H16ClN3OS2/c1-3-22-16(23)15(10-14(19)9-13-7-5-4-6-8-13)25-18(22)21-17-20-12(2)11-24-17/h4-11H,3H2,1-2H3/b14-9-,15-10-,21-18+. The average molecular weight is 390 g/mol. The Morgan fingerprint density at radius 2 is 2.12 bits per heavy atom. The van der Waals surface area contributed by atoms with Crippen LogP contribution in [0, 0.1) is 6.92 Å². The van der Waals surface area contributed by atoms with Gasteiger partial charge in [0.25, 0.3) is 5.91 Å². The third-order valence-corrected chi connectivity index (χ3v) is 5.45. The van der Waals surface area contributed by atoms with Crippen LogP contribution in [0.5, 0.6) is 0 Å². The lowest BCUT2D eigenvalue weighted by atomic mass is 10.2. The second kappa shape index (κ2) is 7.99. The van der Waals surface area contributed by atoms with Gasteiger partial charge in [-0.3, -0.25) is 9.69 Å². The van der Waals surface area contributed by atoms with Gasteiger partial charge >= 0.3 is 0 Å². The molecule has 0 N–H and O–H groups in total. The molecule has 1 aromatic heterocycles. The third-order valence-electron chi connectivity index (χ3n) is 3.38. The molecule has 1 fully saturated rings. The fourth-order valence-corrected chi connectivity index (χ4v) is 4.28. The van der Waals surface area contributed by atoms with Crippen LogP contribution in [0.2, 0.25) is 0 Å². The number of nitrogens with zero attached hydrogens (tertiary/aromatic N) is 3. The first kappa shape index (κ1) is 17.9. The molecule has 0 spiro atoms. The molecule has 128 valence electrons. The van der Waals surface area contributed by atoms with Crippen molar-refractivity contribution >= 4 is 57.0 Å². The van der Waals surface area contributed by atoms with Crippen LogP contribution in [0.1, 0.15) is 18.2 Å². The van der Waals surface area contributed by atoms with E-state index in [9.17, 15) is 4.79 Å². The Bertz CT molecular complexity index is 871. The zero-order valence-electron chi connectivity index (χ0n) is 13.8. The Kier molecular flexibility index (Phi) is 5.73. The number of thiazole rings is 1. The highest BCUT2D eigenvalue weighted by Crippen LogP contribution is 2.34. The van der Waals surface area contributed by atoms with Crippen LogP contribution in [0.4, 0.5) is 5.13 Å². The first-order valence-corrected chi connectivity index (χ1v) is 9.78. The average Bonchev–Trinajstić information content (AvgIpc) is 3.12. The summed E-state index contributed by atoms with van der Waals surface area (Å²) in [5.41, 5.74) is 1.91. The molecule has 0 radical (unpaired) electrons. The number of hydrogen-bond donors (Lipinski definition) is 0. The Morgan fingerprint density at radius 1 is 1.36 bits per heavy atom. The lowest BCUT2D eigenvalue weighted by Crippen LogP contribution is -2.28. The molecular weight excluding hydrogens is 374 g/mol. The predicted octanol–water partition coefficient (Wildman–Crippen LogP) is 5.20. The van der Waals surface area contributed by atoms with Gasteiger partial charge < -0.3 is 0 Å². The molecule has 2 heterocycles. The van der Waals surface area contributed by atoms with E-state index in [0.29, 0.717) is 26.8 Å². The van der Waals surface area contributed by atoms with E-state index in [4.69, 9.17) is 11.6 Å². The van der Waals surface area contributed by atoms with E-state index in [-0.39, 0.29) is 5.91 Å². The van der Waals surface area contributed by atoms with E-state index in [1.807, 2.05) is 55.6 Å².